The van der Waals surface area contributed by atoms with Crippen LogP contribution in [0.1, 0.15) is 27.7 Å². The summed E-state index contributed by atoms with van der Waals surface area (Å²) in [4.78, 5) is 24.4. The standard InChI is InChI=1S/C14H22N4O2/c1-11-10-17(12-9-15-5-6-16-12)7-8-18(11)13(19)20-14(2,3)4/h5-6,9,11H,7-8,10H2,1-4H3/t11-/m0/s1. The minimum Gasteiger partial charge on any atom is -0.444 e. The lowest BCUT2D eigenvalue weighted by atomic mass is 10.2. The summed E-state index contributed by atoms with van der Waals surface area (Å²) in [6, 6.07) is 0.0839. The molecule has 1 aliphatic heterocycles. The van der Waals surface area contributed by atoms with E-state index in [-0.39, 0.29) is 12.1 Å². The van der Waals surface area contributed by atoms with E-state index < -0.39 is 5.60 Å². The molecule has 2 rings (SSSR count). The van der Waals surface area contributed by atoms with Crippen LogP contribution in [0.15, 0.2) is 18.6 Å². The van der Waals surface area contributed by atoms with Gasteiger partial charge in [-0.25, -0.2) is 9.78 Å². The maximum absolute atomic E-state index is 12.1. The monoisotopic (exact) mass is 278 g/mol. The first-order valence-electron chi connectivity index (χ1n) is 6.87. The van der Waals surface area contributed by atoms with Crippen molar-refractivity contribution >= 4 is 11.9 Å². The van der Waals surface area contributed by atoms with Crippen LogP contribution in [-0.2, 0) is 4.74 Å². The Morgan fingerprint density at radius 2 is 2.10 bits per heavy atom. The molecule has 1 fully saturated rings. The van der Waals surface area contributed by atoms with Gasteiger partial charge in [-0.1, -0.05) is 0 Å². The number of aromatic nitrogens is 2. The third-order valence-electron chi connectivity index (χ3n) is 3.13. The van der Waals surface area contributed by atoms with E-state index in [2.05, 4.69) is 14.9 Å². The van der Waals surface area contributed by atoms with Gasteiger partial charge < -0.3 is 14.5 Å². The number of hydrogen-bond donors (Lipinski definition) is 0. The van der Waals surface area contributed by atoms with Crippen LogP contribution in [0.3, 0.4) is 0 Å². The number of carbonyl (C=O) groups excluding carboxylic acids is 1. The number of anilines is 1. The molecule has 2 heterocycles. The summed E-state index contributed by atoms with van der Waals surface area (Å²) in [7, 11) is 0. The van der Waals surface area contributed by atoms with E-state index in [9.17, 15) is 4.79 Å². The molecule has 1 atom stereocenters. The van der Waals surface area contributed by atoms with Crippen molar-refractivity contribution < 1.29 is 9.53 Å². The fourth-order valence-corrected chi connectivity index (χ4v) is 2.21. The SMILES string of the molecule is C[C@H]1CN(c2cnccn2)CCN1C(=O)OC(C)(C)C. The fraction of sp³-hybridized carbons (Fsp3) is 0.643. The Morgan fingerprint density at radius 1 is 1.35 bits per heavy atom. The zero-order valence-electron chi connectivity index (χ0n) is 12.5. The fourth-order valence-electron chi connectivity index (χ4n) is 2.21. The molecule has 1 amide bonds. The third kappa shape index (κ3) is 3.59. The van der Waals surface area contributed by atoms with Gasteiger partial charge in [-0.05, 0) is 27.7 Å². The predicted octanol–water partition coefficient (Wildman–Crippen LogP) is 1.92. The highest BCUT2D eigenvalue weighted by molar-refractivity contribution is 5.69. The van der Waals surface area contributed by atoms with Crippen LogP contribution in [-0.4, -0.2) is 52.2 Å². The zero-order chi connectivity index (χ0) is 14.8. The van der Waals surface area contributed by atoms with Gasteiger partial charge >= 0.3 is 6.09 Å². The van der Waals surface area contributed by atoms with Crippen molar-refractivity contribution in [1.82, 2.24) is 14.9 Å². The Morgan fingerprint density at radius 3 is 2.65 bits per heavy atom. The minimum atomic E-state index is -0.459. The molecule has 0 aliphatic carbocycles. The summed E-state index contributed by atoms with van der Waals surface area (Å²) >= 11 is 0. The number of piperazine rings is 1. The van der Waals surface area contributed by atoms with Gasteiger partial charge in [0.25, 0.3) is 0 Å². The van der Waals surface area contributed by atoms with E-state index in [4.69, 9.17) is 4.74 Å². The van der Waals surface area contributed by atoms with E-state index in [0.29, 0.717) is 6.54 Å². The highest BCUT2D eigenvalue weighted by Crippen LogP contribution is 2.18. The third-order valence-corrected chi connectivity index (χ3v) is 3.13. The Bertz CT molecular complexity index is 458. The number of rotatable bonds is 1. The van der Waals surface area contributed by atoms with Crippen molar-refractivity contribution in [3.63, 3.8) is 0 Å². The Kier molecular flexibility index (Phi) is 4.11. The molecule has 0 spiro atoms. The Labute approximate surface area is 119 Å². The molecule has 20 heavy (non-hydrogen) atoms. The molecule has 0 radical (unpaired) electrons. The molecule has 0 aromatic carbocycles. The van der Waals surface area contributed by atoms with Gasteiger partial charge in [0.05, 0.1) is 6.20 Å². The van der Waals surface area contributed by atoms with Gasteiger partial charge in [-0.2, -0.15) is 0 Å². The van der Waals surface area contributed by atoms with Crippen molar-refractivity contribution in [3.05, 3.63) is 18.6 Å². The lowest BCUT2D eigenvalue weighted by Gasteiger charge is -2.40. The number of nitrogens with zero attached hydrogens (tertiary/aromatic N) is 4. The summed E-state index contributed by atoms with van der Waals surface area (Å²) in [5.41, 5.74) is -0.459. The average Bonchev–Trinajstić information content (AvgIpc) is 2.37. The molecule has 0 saturated carbocycles. The molecule has 1 aromatic heterocycles. The number of ether oxygens (including phenoxy) is 1. The highest BCUT2D eigenvalue weighted by Gasteiger charge is 2.31. The van der Waals surface area contributed by atoms with Crippen LogP contribution < -0.4 is 4.90 Å². The molecule has 0 N–H and O–H groups in total. The molecular weight excluding hydrogens is 256 g/mol. The van der Waals surface area contributed by atoms with Crippen molar-refractivity contribution in [2.45, 2.75) is 39.3 Å². The van der Waals surface area contributed by atoms with Crippen LogP contribution >= 0.6 is 0 Å². The maximum atomic E-state index is 12.1. The molecule has 0 bridgehead atoms. The number of amides is 1. The summed E-state index contributed by atoms with van der Waals surface area (Å²) < 4.78 is 5.43. The van der Waals surface area contributed by atoms with Crippen LogP contribution in [0.25, 0.3) is 0 Å². The summed E-state index contributed by atoms with van der Waals surface area (Å²) in [5, 5.41) is 0. The van der Waals surface area contributed by atoms with Gasteiger partial charge in [0, 0.05) is 38.1 Å². The van der Waals surface area contributed by atoms with E-state index in [1.54, 1.807) is 23.5 Å². The first-order valence-corrected chi connectivity index (χ1v) is 6.87. The molecule has 1 aliphatic rings. The normalized spacial score (nSPS) is 19.9. The second-order valence-electron chi connectivity index (χ2n) is 6.03. The molecular formula is C14H22N4O2. The van der Waals surface area contributed by atoms with Gasteiger partial charge in [0.2, 0.25) is 0 Å². The zero-order valence-corrected chi connectivity index (χ0v) is 12.5. The second kappa shape index (κ2) is 5.64. The first kappa shape index (κ1) is 14.6. The van der Waals surface area contributed by atoms with Crippen LogP contribution in [0.5, 0.6) is 0 Å². The highest BCUT2D eigenvalue weighted by atomic mass is 16.6. The van der Waals surface area contributed by atoms with E-state index in [1.165, 1.54) is 0 Å². The van der Waals surface area contributed by atoms with Crippen molar-refractivity contribution in [3.8, 4) is 0 Å². The molecule has 6 heteroatoms. The van der Waals surface area contributed by atoms with Gasteiger partial charge in [-0.15, -0.1) is 0 Å². The molecule has 0 unspecified atom stereocenters. The summed E-state index contributed by atoms with van der Waals surface area (Å²) in [6.07, 6.45) is 4.84. The van der Waals surface area contributed by atoms with Gasteiger partial charge in [0.15, 0.2) is 0 Å². The lowest BCUT2D eigenvalue weighted by Crippen LogP contribution is -2.55. The second-order valence-corrected chi connectivity index (χ2v) is 6.03. The van der Waals surface area contributed by atoms with Crippen molar-refractivity contribution in [1.29, 1.82) is 0 Å². The van der Waals surface area contributed by atoms with Gasteiger partial charge in [0.1, 0.15) is 11.4 Å². The molecule has 110 valence electrons. The molecule has 1 saturated heterocycles. The van der Waals surface area contributed by atoms with Crippen LogP contribution in [0, 0.1) is 0 Å². The van der Waals surface area contributed by atoms with Crippen molar-refractivity contribution in [2.24, 2.45) is 0 Å². The molecule has 1 aromatic rings. The Balaban J connectivity index is 1.98. The molecule has 6 nitrogen and oxygen atoms in total. The summed E-state index contributed by atoms with van der Waals surface area (Å²) in [6.45, 7) is 9.77. The maximum Gasteiger partial charge on any atom is 0.410 e. The van der Waals surface area contributed by atoms with E-state index in [1.807, 2.05) is 27.7 Å². The number of carbonyl (C=O) groups is 1. The largest absolute Gasteiger partial charge is 0.444 e. The van der Waals surface area contributed by atoms with E-state index >= 15 is 0 Å². The topological polar surface area (TPSA) is 58.6 Å². The van der Waals surface area contributed by atoms with Crippen LogP contribution in [0.4, 0.5) is 10.6 Å². The van der Waals surface area contributed by atoms with Crippen LogP contribution in [0.2, 0.25) is 0 Å². The summed E-state index contributed by atoms with van der Waals surface area (Å²) in [5.74, 6) is 0.850. The van der Waals surface area contributed by atoms with Crippen molar-refractivity contribution in [2.75, 3.05) is 24.5 Å². The minimum absolute atomic E-state index is 0.0839. The lowest BCUT2D eigenvalue weighted by molar-refractivity contribution is 0.0158. The average molecular weight is 278 g/mol. The first-order chi connectivity index (χ1) is 9.37. The smallest absolute Gasteiger partial charge is 0.410 e. The van der Waals surface area contributed by atoms with Gasteiger partial charge in [-0.3, -0.25) is 4.98 Å². The number of hydrogen-bond acceptors (Lipinski definition) is 5. The van der Waals surface area contributed by atoms with E-state index in [0.717, 1.165) is 18.9 Å². The Hall–Kier alpha value is -1.85. The quantitative estimate of drug-likeness (QED) is 0.785. The predicted molar refractivity (Wildman–Crippen MR) is 76.6 cm³/mol.